The van der Waals surface area contributed by atoms with Crippen LogP contribution in [0.25, 0.3) is 44.3 Å². The molecule has 0 saturated carbocycles. The van der Waals surface area contributed by atoms with Crippen LogP contribution in [0.4, 0.5) is 0 Å². The van der Waals surface area contributed by atoms with Crippen LogP contribution in [0.2, 0.25) is 0 Å². The molecule has 0 aliphatic carbocycles. The van der Waals surface area contributed by atoms with Gasteiger partial charge in [0.15, 0.2) is 6.20 Å². The fourth-order valence-corrected chi connectivity index (χ4v) is 5.15. The molecule has 0 spiro atoms. The Morgan fingerprint density at radius 2 is 1.75 bits per heavy atom. The predicted molar refractivity (Wildman–Crippen MR) is 131 cm³/mol. The Labute approximate surface area is 188 Å². The molecule has 3 nitrogen and oxygen atoms in total. The number of fused-ring (bicyclic) bond motifs is 4. The first-order valence-electron chi connectivity index (χ1n) is 11.3. The van der Waals surface area contributed by atoms with Gasteiger partial charge in [-0.25, -0.2) is 4.57 Å². The van der Waals surface area contributed by atoms with E-state index in [9.17, 15) is 0 Å². The summed E-state index contributed by atoms with van der Waals surface area (Å²) in [5.74, 6) is 0. The van der Waals surface area contributed by atoms with Gasteiger partial charge in [0.1, 0.15) is 18.2 Å². The Hall–Kier alpha value is -3.43. The molecule has 1 aliphatic rings. The second kappa shape index (κ2) is 7.32. The highest BCUT2D eigenvalue weighted by atomic mass is 16.3. The lowest BCUT2D eigenvalue weighted by molar-refractivity contribution is -0.660. The molecule has 158 valence electrons. The van der Waals surface area contributed by atoms with Crippen molar-refractivity contribution in [2.45, 2.75) is 19.9 Å². The van der Waals surface area contributed by atoms with Crippen LogP contribution < -0.4 is 4.57 Å². The van der Waals surface area contributed by atoms with Crippen molar-refractivity contribution >= 4 is 21.9 Å². The Morgan fingerprint density at radius 3 is 2.62 bits per heavy atom. The van der Waals surface area contributed by atoms with E-state index in [-0.39, 0.29) is 0 Å². The number of benzene rings is 3. The SMILES string of the molecule is Cc1ccc2c(oc3c(-c4ccc5c(c4)CN(C)CC5)cccc32)c1-c1cccc[n+]1C. The Balaban J connectivity index is 1.61. The lowest BCUT2D eigenvalue weighted by Gasteiger charge is -2.25. The molecular formula is C29H27N2O+. The van der Waals surface area contributed by atoms with Crippen molar-refractivity contribution < 1.29 is 8.98 Å². The summed E-state index contributed by atoms with van der Waals surface area (Å²) in [4.78, 5) is 2.39. The van der Waals surface area contributed by atoms with Crippen LogP contribution in [0.5, 0.6) is 0 Å². The molecule has 0 radical (unpaired) electrons. The van der Waals surface area contributed by atoms with Crippen LogP contribution in [0, 0.1) is 6.92 Å². The largest absolute Gasteiger partial charge is 0.454 e. The van der Waals surface area contributed by atoms with Crippen molar-refractivity contribution in [2.24, 2.45) is 7.05 Å². The van der Waals surface area contributed by atoms with Gasteiger partial charge in [-0.05, 0) is 54.8 Å². The Bertz CT molecular complexity index is 1490. The molecule has 0 bridgehead atoms. The molecule has 0 unspecified atom stereocenters. The third-order valence-electron chi connectivity index (χ3n) is 6.91. The second-order valence-electron chi connectivity index (χ2n) is 9.09. The number of aromatic nitrogens is 1. The average molecular weight is 420 g/mol. The minimum atomic E-state index is 0.965. The molecule has 1 aliphatic heterocycles. The normalized spacial score (nSPS) is 14.2. The second-order valence-corrected chi connectivity index (χ2v) is 9.09. The molecule has 0 saturated heterocycles. The van der Waals surface area contributed by atoms with Gasteiger partial charge < -0.3 is 9.32 Å². The van der Waals surface area contributed by atoms with E-state index in [0.29, 0.717) is 0 Å². The highest BCUT2D eigenvalue weighted by Crippen LogP contribution is 2.40. The first kappa shape index (κ1) is 19.3. The zero-order valence-electron chi connectivity index (χ0n) is 18.9. The molecule has 0 N–H and O–H groups in total. The van der Waals surface area contributed by atoms with Crippen LogP contribution in [0.3, 0.4) is 0 Å². The Kier molecular flexibility index (Phi) is 4.41. The number of rotatable bonds is 2. The summed E-state index contributed by atoms with van der Waals surface area (Å²) >= 11 is 0. The average Bonchev–Trinajstić information content (AvgIpc) is 3.18. The summed E-state index contributed by atoms with van der Waals surface area (Å²) < 4.78 is 8.86. The van der Waals surface area contributed by atoms with E-state index in [1.807, 2.05) is 0 Å². The van der Waals surface area contributed by atoms with Gasteiger partial charge in [0, 0.05) is 41.6 Å². The number of furan rings is 1. The van der Waals surface area contributed by atoms with E-state index in [4.69, 9.17) is 4.42 Å². The van der Waals surface area contributed by atoms with Crippen molar-refractivity contribution in [3.8, 4) is 22.4 Å². The Morgan fingerprint density at radius 1 is 0.875 bits per heavy atom. The van der Waals surface area contributed by atoms with Gasteiger partial charge in [-0.1, -0.05) is 42.5 Å². The topological polar surface area (TPSA) is 20.3 Å². The van der Waals surface area contributed by atoms with Gasteiger partial charge in [0.05, 0.1) is 5.56 Å². The third-order valence-corrected chi connectivity index (χ3v) is 6.91. The first-order valence-corrected chi connectivity index (χ1v) is 11.3. The number of hydrogen-bond acceptors (Lipinski definition) is 2. The smallest absolute Gasteiger partial charge is 0.216 e. The van der Waals surface area contributed by atoms with E-state index < -0.39 is 0 Å². The van der Waals surface area contributed by atoms with Crippen molar-refractivity contribution in [2.75, 3.05) is 13.6 Å². The summed E-state index contributed by atoms with van der Waals surface area (Å²) in [6.07, 6.45) is 3.21. The maximum atomic E-state index is 6.70. The molecular weight excluding hydrogens is 392 g/mol. The lowest BCUT2D eigenvalue weighted by Crippen LogP contribution is -2.30. The summed E-state index contributed by atoms with van der Waals surface area (Å²) in [7, 11) is 4.29. The van der Waals surface area contributed by atoms with E-state index in [0.717, 1.165) is 41.9 Å². The summed E-state index contributed by atoms with van der Waals surface area (Å²) in [6, 6.07) is 24.2. The zero-order chi connectivity index (χ0) is 21.8. The minimum Gasteiger partial charge on any atom is -0.454 e. The summed E-state index contributed by atoms with van der Waals surface area (Å²) in [6.45, 7) is 4.30. The molecule has 3 heteroatoms. The van der Waals surface area contributed by atoms with Crippen LogP contribution in [-0.4, -0.2) is 18.5 Å². The molecule has 5 aromatic rings. The fourth-order valence-electron chi connectivity index (χ4n) is 5.15. The number of hydrogen-bond donors (Lipinski definition) is 0. The monoisotopic (exact) mass is 419 g/mol. The highest BCUT2D eigenvalue weighted by Gasteiger charge is 2.22. The molecule has 3 aromatic carbocycles. The van der Waals surface area contributed by atoms with Crippen molar-refractivity contribution in [3.05, 3.63) is 89.6 Å². The summed E-state index contributed by atoms with van der Waals surface area (Å²) in [5, 5.41) is 2.34. The van der Waals surface area contributed by atoms with E-state index in [1.165, 1.54) is 38.6 Å². The summed E-state index contributed by atoms with van der Waals surface area (Å²) in [5.41, 5.74) is 10.8. The van der Waals surface area contributed by atoms with Gasteiger partial charge in [-0.3, -0.25) is 0 Å². The highest BCUT2D eigenvalue weighted by molar-refractivity contribution is 6.13. The van der Waals surface area contributed by atoms with Gasteiger partial charge in [0.25, 0.3) is 0 Å². The van der Waals surface area contributed by atoms with Crippen LogP contribution >= 0.6 is 0 Å². The molecule has 0 amide bonds. The van der Waals surface area contributed by atoms with Gasteiger partial charge in [-0.15, -0.1) is 0 Å². The quantitative estimate of drug-likeness (QED) is 0.325. The van der Waals surface area contributed by atoms with E-state index in [1.54, 1.807) is 0 Å². The number of nitrogens with zero attached hydrogens (tertiary/aromatic N) is 2. The van der Waals surface area contributed by atoms with Crippen molar-refractivity contribution in [1.82, 2.24) is 4.90 Å². The zero-order valence-corrected chi connectivity index (χ0v) is 18.9. The predicted octanol–water partition coefficient (Wildman–Crippen LogP) is 6.04. The minimum absolute atomic E-state index is 0.965. The standard InChI is InChI=1S/C29H27N2O/c1-19-10-13-25-24-8-6-7-23(21-12-11-20-14-16-30(2)18-22(20)17-21)28(24)32-29(25)27(19)26-9-4-5-15-31(26)3/h4-13,15,17H,14,16,18H2,1-3H3/q+1. The number of likely N-dealkylation sites (N-methyl/N-ethyl adjacent to an activating group) is 1. The van der Waals surface area contributed by atoms with Crippen LogP contribution in [0.15, 0.2) is 77.3 Å². The third kappa shape index (κ3) is 2.96. The van der Waals surface area contributed by atoms with Crippen LogP contribution in [0.1, 0.15) is 16.7 Å². The van der Waals surface area contributed by atoms with Crippen molar-refractivity contribution in [3.63, 3.8) is 0 Å². The van der Waals surface area contributed by atoms with Gasteiger partial charge in [0.2, 0.25) is 5.69 Å². The maximum absolute atomic E-state index is 6.70. The van der Waals surface area contributed by atoms with Gasteiger partial charge >= 0.3 is 0 Å². The molecule has 0 fully saturated rings. The number of aryl methyl sites for hydroxylation is 2. The maximum Gasteiger partial charge on any atom is 0.216 e. The number of para-hydroxylation sites is 1. The molecule has 6 rings (SSSR count). The van der Waals surface area contributed by atoms with Crippen LogP contribution in [-0.2, 0) is 20.0 Å². The lowest BCUT2D eigenvalue weighted by atomic mass is 9.94. The molecule has 0 atom stereocenters. The van der Waals surface area contributed by atoms with Gasteiger partial charge in [-0.2, -0.15) is 0 Å². The fraction of sp³-hybridized carbons (Fsp3) is 0.207. The van der Waals surface area contributed by atoms with E-state index >= 15 is 0 Å². The van der Waals surface area contributed by atoms with Crippen molar-refractivity contribution in [1.29, 1.82) is 0 Å². The van der Waals surface area contributed by atoms with E-state index in [2.05, 4.69) is 103 Å². The first-order chi connectivity index (χ1) is 15.6. The number of pyridine rings is 1. The molecule has 2 aromatic heterocycles. The molecule has 32 heavy (non-hydrogen) atoms. The molecule has 3 heterocycles.